The number of hydrogen-bond acceptors (Lipinski definition) is 2. The Kier molecular flexibility index (Phi) is 3.67. The number of aryl methyl sites for hydroxylation is 1. The van der Waals surface area contributed by atoms with Crippen LogP contribution in [0.2, 0.25) is 0 Å². The number of hydrogen-bond donors (Lipinski definition) is 0. The molecule has 2 aromatic heterocycles. The zero-order chi connectivity index (χ0) is 16.4. The molecule has 0 aliphatic heterocycles. The maximum absolute atomic E-state index is 4.80. The quantitative estimate of drug-likeness (QED) is 0.539. The van der Waals surface area contributed by atoms with E-state index in [0.717, 1.165) is 28.2 Å². The lowest BCUT2D eigenvalue weighted by Crippen LogP contribution is -1.99. The molecule has 0 saturated heterocycles. The summed E-state index contributed by atoms with van der Waals surface area (Å²) in [5.74, 6) is 1.75. The fourth-order valence-corrected chi connectivity index (χ4v) is 2.78. The van der Waals surface area contributed by atoms with Crippen molar-refractivity contribution in [2.45, 2.75) is 6.92 Å². The van der Waals surface area contributed by atoms with Crippen molar-refractivity contribution in [3.05, 3.63) is 89.9 Å². The van der Waals surface area contributed by atoms with Gasteiger partial charge in [-0.05, 0) is 48.4 Å². The van der Waals surface area contributed by atoms with E-state index in [4.69, 9.17) is 4.98 Å². The lowest BCUT2D eigenvalue weighted by atomic mass is 10.2. The van der Waals surface area contributed by atoms with Gasteiger partial charge in [-0.2, -0.15) is 0 Å². The van der Waals surface area contributed by atoms with Crippen LogP contribution in [0.4, 0.5) is 0 Å². The van der Waals surface area contributed by atoms with E-state index < -0.39 is 0 Å². The third-order valence-electron chi connectivity index (χ3n) is 3.94. The van der Waals surface area contributed by atoms with Crippen molar-refractivity contribution >= 4 is 23.2 Å². The zero-order valence-electron chi connectivity index (χ0n) is 13.4. The predicted molar refractivity (Wildman–Crippen MR) is 99.0 cm³/mol. The van der Waals surface area contributed by atoms with Crippen molar-refractivity contribution < 1.29 is 0 Å². The third kappa shape index (κ3) is 2.72. The molecule has 0 fully saturated rings. The highest BCUT2D eigenvalue weighted by molar-refractivity contribution is 5.82. The summed E-state index contributed by atoms with van der Waals surface area (Å²) in [7, 11) is 0. The Bertz CT molecular complexity index is 999. The van der Waals surface area contributed by atoms with Crippen molar-refractivity contribution in [2.75, 3.05) is 0 Å². The Morgan fingerprint density at radius 3 is 2.50 bits per heavy atom. The Hall–Kier alpha value is -3.20. The van der Waals surface area contributed by atoms with Crippen molar-refractivity contribution in [1.82, 2.24) is 14.5 Å². The number of imidazole rings is 1. The van der Waals surface area contributed by atoms with E-state index in [1.165, 1.54) is 5.56 Å². The number of aromatic nitrogens is 3. The van der Waals surface area contributed by atoms with Gasteiger partial charge in [0.2, 0.25) is 0 Å². The molecule has 0 unspecified atom stereocenters. The highest BCUT2D eigenvalue weighted by Crippen LogP contribution is 2.23. The monoisotopic (exact) mass is 311 g/mol. The topological polar surface area (TPSA) is 30.7 Å². The second-order valence-corrected chi connectivity index (χ2v) is 5.73. The maximum atomic E-state index is 4.80. The largest absolute Gasteiger partial charge is 0.277 e. The molecule has 0 saturated carbocycles. The van der Waals surface area contributed by atoms with Gasteiger partial charge in [-0.1, -0.05) is 48.5 Å². The van der Waals surface area contributed by atoms with E-state index in [-0.39, 0.29) is 0 Å². The maximum Gasteiger partial charge on any atom is 0.139 e. The van der Waals surface area contributed by atoms with Gasteiger partial charge in [-0.3, -0.25) is 4.57 Å². The van der Waals surface area contributed by atoms with E-state index >= 15 is 0 Å². The molecule has 0 amide bonds. The van der Waals surface area contributed by atoms with Crippen LogP contribution in [0.25, 0.3) is 29.0 Å². The standard InChI is InChI=1S/C21H17N3/c1-16-10-12-19-18(15-16)23-21(13-11-17-7-3-2-4-8-17)24(19)20-9-5-6-14-22-20/h2-15H,1H3/b13-11+. The van der Waals surface area contributed by atoms with Crippen molar-refractivity contribution in [2.24, 2.45) is 0 Å². The highest BCUT2D eigenvalue weighted by Gasteiger charge is 2.11. The van der Waals surface area contributed by atoms with Gasteiger partial charge in [0.25, 0.3) is 0 Å². The van der Waals surface area contributed by atoms with E-state index in [0.29, 0.717) is 0 Å². The molecule has 3 heteroatoms. The van der Waals surface area contributed by atoms with Crippen LogP contribution < -0.4 is 0 Å². The number of nitrogens with zero attached hydrogens (tertiary/aromatic N) is 3. The van der Waals surface area contributed by atoms with Gasteiger partial charge in [-0.25, -0.2) is 9.97 Å². The lowest BCUT2D eigenvalue weighted by molar-refractivity contribution is 1.00. The molecule has 2 aromatic carbocycles. The number of fused-ring (bicyclic) bond motifs is 1. The van der Waals surface area contributed by atoms with Crippen LogP contribution >= 0.6 is 0 Å². The minimum absolute atomic E-state index is 0.872. The minimum Gasteiger partial charge on any atom is -0.277 e. The molecule has 0 aliphatic carbocycles. The van der Waals surface area contributed by atoms with Gasteiger partial charge in [-0.15, -0.1) is 0 Å². The first kappa shape index (κ1) is 14.4. The summed E-state index contributed by atoms with van der Waals surface area (Å²) in [5.41, 5.74) is 4.39. The average molecular weight is 311 g/mol. The molecule has 4 aromatic rings. The molecule has 0 N–H and O–H groups in total. The van der Waals surface area contributed by atoms with Crippen molar-refractivity contribution in [1.29, 1.82) is 0 Å². The van der Waals surface area contributed by atoms with E-state index in [9.17, 15) is 0 Å². The lowest BCUT2D eigenvalue weighted by Gasteiger charge is -2.05. The molecule has 4 rings (SSSR count). The van der Waals surface area contributed by atoms with Crippen LogP contribution in [0, 0.1) is 6.92 Å². The minimum atomic E-state index is 0.872. The SMILES string of the molecule is Cc1ccc2c(c1)nc(/C=C/c1ccccc1)n2-c1ccccn1. The Labute approximate surface area is 140 Å². The molecular formula is C21H17N3. The highest BCUT2D eigenvalue weighted by atomic mass is 15.1. The summed E-state index contributed by atoms with van der Waals surface area (Å²) in [6, 6.07) is 22.5. The van der Waals surface area contributed by atoms with Crippen LogP contribution in [-0.2, 0) is 0 Å². The Morgan fingerprint density at radius 2 is 1.71 bits per heavy atom. The number of benzene rings is 2. The normalized spacial score (nSPS) is 11.4. The summed E-state index contributed by atoms with van der Waals surface area (Å²) in [6.45, 7) is 2.08. The second kappa shape index (κ2) is 6.13. The van der Waals surface area contributed by atoms with Crippen LogP contribution in [0.15, 0.2) is 72.9 Å². The fourth-order valence-electron chi connectivity index (χ4n) is 2.78. The van der Waals surface area contributed by atoms with Crippen LogP contribution in [0.5, 0.6) is 0 Å². The van der Waals surface area contributed by atoms with Gasteiger partial charge in [0, 0.05) is 6.20 Å². The first-order valence-electron chi connectivity index (χ1n) is 7.95. The van der Waals surface area contributed by atoms with Gasteiger partial charge in [0.15, 0.2) is 0 Å². The summed E-state index contributed by atoms with van der Waals surface area (Å²) in [5, 5.41) is 0. The molecule has 2 heterocycles. The molecule has 0 spiro atoms. The fraction of sp³-hybridized carbons (Fsp3) is 0.0476. The molecule has 0 bridgehead atoms. The van der Waals surface area contributed by atoms with Crippen LogP contribution in [0.1, 0.15) is 17.0 Å². The molecule has 0 atom stereocenters. The van der Waals surface area contributed by atoms with E-state index in [2.05, 4.69) is 52.9 Å². The number of pyridine rings is 1. The van der Waals surface area contributed by atoms with E-state index in [1.807, 2.05) is 42.5 Å². The van der Waals surface area contributed by atoms with Crippen molar-refractivity contribution in [3.63, 3.8) is 0 Å². The van der Waals surface area contributed by atoms with Gasteiger partial charge >= 0.3 is 0 Å². The van der Waals surface area contributed by atoms with Crippen LogP contribution in [-0.4, -0.2) is 14.5 Å². The first-order valence-corrected chi connectivity index (χ1v) is 7.95. The smallest absolute Gasteiger partial charge is 0.139 e. The van der Waals surface area contributed by atoms with Gasteiger partial charge in [0.05, 0.1) is 11.0 Å². The van der Waals surface area contributed by atoms with Gasteiger partial charge < -0.3 is 0 Å². The third-order valence-corrected chi connectivity index (χ3v) is 3.94. The van der Waals surface area contributed by atoms with Crippen LogP contribution in [0.3, 0.4) is 0 Å². The molecule has 116 valence electrons. The summed E-state index contributed by atoms with van der Waals surface area (Å²) >= 11 is 0. The molecule has 3 nitrogen and oxygen atoms in total. The van der Waals surface area contributed by atoms with E-state index in [1.54, 1.807) is 6.20 Å². The summed E-state index contributed by atoms with van der Waals surface area (Å²) in [6.07, 6.45) is 5.92. The molecular weight excluding hydrogens is 294 g/mol. The molecule has 0 aliphatic rings. The first-order chi connectivity index (χ1) is 11.8. The number of rotatable bonds is 3. The second-order valence-electron chi connectivity index (χ2n) is 5.73. The summed E-state index contributed by atoms with van der Waals surface area (Å²) < 4.78 is 2.09. The zero-order valence-corrected chi connectivity index (χ0v) is 13.4. The average Bonchev–Trinajstić information content (AvgIpc) is 2.99. The Balaban J connectivity index is 1.89. The van der Waals surface area contributed by atoms with Crippen molar-refractivity contribution in [3.8, 4) is 5.82 Å². The summed E-state index contributed by atoms with van der Waals surface area (Å²) in [4.78, 5) is 9.30. The molecule has 24 heavy (non-hydrogen) atoms. The van der Waals surface area contributed by atoms with Gasteiger partial charge in [0.1, 0.15) is 11.6 Å². The Morgan fingerprint density at radius 1 is 0.875 bits per heavy atom. The predicted octanol–water partition coefficient (Wildman–Crippen LogP) is 4.90. The molecule has 0 radical (unpaired) electrons.